The molecule has 0 aliphatic carbocycles. The van der Waals surface area contributed by atoms with Crippen molar-refractivity contribution in [3.05, 3.63) is 18.2 Å². The number of hydrogen-bond donors (Lipinski definition) is 3. The van der Waals surface area contributed by atoms with Gasteiger partial charge >= 0.3 is 0 Å². The van der Waals surface area contributed by atoms with Gasteiger partial charge in [-0.05, 0) is 31.8 Å². The summed E-state index contributed by atoms with van der Waals surface area (Å²) in [5.41, 5.74) is 13.6. The molecule has 0 unspecified atom stereocenters. The third-order valence-corrected chi connectivity index (χ3v) is 2.45. The van der Waals surface area contributed by atoms with E-state index in [1.165, 1.54) is 0 Å². The van der Waals surface area contributed by atoms with E-state index in [9.17, 15) is 0 Å². The smallest absolute Gasteiger partial charge is 0.0568 e. The first kappa shape index (κ1) is 11.7. The van der Waals surface area contributed by atoms with Crippen molar-refractivity contribution in [3.63, 3.8) is 0 Å². The van der Waals surface area contributed by atoms with Gasteiger partial charge < -0.3 is 21.7 Å². The maximum absolute atomic E-state index is 5.70. The second-order valence-corrected chi connectivity index (χ2v) is 3.67. The van der Waals surface area contributed by atoms with Crippen LogP contribution in [0.1, 0.15) is 6.92 Å². The highest BCUT2D eigenvalue weighted by Crippen LogP contribution is 2.19. The quantitative estimate of drug-likeness (QED) is 0.636. The maximum atomic E-state index is 5.70. The minimum Gasteiger partial charge on any atom is -0.397 e. The molecule has 0 fully saturated rings. The molecule has 0 atom stereocenters. The summed E-state index contributed by atoms with van der Waals surface area (Å²) in [7, 11) is 2.10. The summed E-state index contributed by atoms with van der Waals surface area (Å²) < 4.78 is 0. The molecule has 0 radical (unpaired) electrons. The summed E-state index contributed by atoms with van der Waals surface area (Å²) in [6.45, 7) is 5.13. The molecular formula is C11H20N4. The predicted octanol–water partition coefficient (Wildman–Crippen LogP) is 1.21. The van der Waals surface area contributed by atoms with Crippen molar-refractivity contribution in [1.82, 2.24) is 4.90 Å². The van der Waals surface area contributed by atoms with E-state index in [-0.39, 0.29) is 0 Å². The maximum Gasteiger partial charge on any atom is 0.0568 e. The molecular weight excluding hydrogens is 188 g/mol. The third kappa shape index (κ3) is 3.67. The number of anilines is 3. The third-order valence-electron chi connectivity index (χ3n) is 2.45. The van der Waals surface area contributed by atoms with Gasteiger partial charge in [0.2, 0.25) is 0 Å². The summed E-state index contributed by atoms with van der Waals surface area (Å²) in [4.78, 5) is 2.24. The van der Waals surface area contributed by atoms with E-state index in [0.717, 1.165) is 25.3 Å². The normalized spacial score (nSPS) is 10.6. The number of nitrogens with zero attached hydrogens (tertiary/aromatic N) is 1. The lowest BCUT2D eigenvalue weighted by molar-refractivity contribution is 0.367. The van der Waals surface area contributed by atoms with E-state index in [1.54, 1.807) is 0 Å². The summed E-state index contributed by atoms with van der Waals surface area (Å²) in [6.07, 6.45) is 0. The van der Waals surface area contributed by atoms with Gasteiger partial charge in [0.1, 0.15) is 0 Å². The molecule has 4 nitrogen and oxygen atoms in total. The monoisotopic (exact) mass is 208 g/mol. The molecule has 84 valence electrons. The Balaban J connectivity index is 2.41. The lowest BCUT2D eigenvalue weighted by atomic mass is 10.2. The van der Waals surface area contributed by atoms with E-state index in [2.05, 4.69) is 24.2 Å². The standard InChI is InChI=1S/C11H20N4/c1-3-15(2)7-6-14-9-4-5-10(12)11(13)8-9/h4-5,8,14H,3,6-7,12-13H2,1-2H3. The lowest BCUT2D eigenvalue weighted by Gasteiger charge is -2.15. The van der Waals surface area contributed by atoms with Crippen LogP contribution < -0.4 is 16.8 Å². The van der Waals surface area contributed by atoms with Gasteiger partial charge in [0.15, 0.2) is 0 Å². The topological polar surface area (TPSA) is 67.3 Å². The van der Waals surface area contributed by atoms with Crippen LogP contribution in [0.2, 0.25) is 0 Å². The minimum absolute atomic E-state index is 0.629. The molecule has 0 bridgehead atoms. The Morgan fingerprint density at radius 3 is 2.60 bits per heavy atom. The fourth-order valence-electron chi connectivity index (χ4n) is 1.23. The number of rotatable bonds is 5. The molecule has 0 amide bonds. The number of nitrogens with one attached hydrogen (secondary N) is 1. The van der Waals surface area contributed by atoms with Crippen molar-refractivity contribution >= 4 is 17.1 Å². The first-order chi connectivity index (χ1) is 7.13. The van der Waals surface area contributed by atoms with Gasteiger partial charge in [-0.25, -0.2) is 0 Å². The SMILES string of the molecule is CCN(C)CCNc1ccc(N)c(N)c1. The molecule has 0 saturated heterocycles. The van der Waals surface area contributed by atoms with Crippen LogP contribution >= 0.6 is 0 Å². The molecule has 5 N–H and O–H groups in total. The Labute approximate surface area is 91.2 Å². The Kier molecular flexibility index (Phi) is 4.24. The fraction of sp³-hybridized carbons (Fsp3) is 0.455. The Morgan fingerprint density at radius 2 is 2.00 bits per heavy atom. The molecule has 4 heteroatoms. The van der Waals surface area contributed by atoms with Gasteiger partial charge in [-0.2, -0.15) is 0 Å². The average Bonchev–Trinajstić information content (AvgIpc) is 2.23. The van der Waals surface area contributed by atoms with Crippen LogP contribution in [0.3, 0.4) is 0 Å². The lowest BCUT2D eigenvalue weighted by Crippen LogP contribution is -2.24. The zero-order chi connectivity index (χ0) is 11.3. The highest BCUT2D eigenvalue weighted by atomic mass is 15.1. The number of benzene rings is 1. The molecule has 0 spiro atoms. The number of likely N-dealkylation sites (N-methyl/N-ethyl adjacent to an activating group) is 1. The molecule has 1 aromatic carbocycles. The fourth-order valence-corrected chi connectivity index (χ4v) is 1.23. The van der Waals surface area contributed by atoms with Crippen LogP contribution in [0.25, 0.3) is 0 Å². The molecule has 0 aliphatic rings. The molecule has 0 saturated carbocycles. The number of nitrogen functional groups attached to an aromatic ring is 2. The number of hydrogen-bond acceptors (Lipinski definition) is 4. The van der Waals surface area contributed by atoms with Gasteiger partial charge in [0.05, 0.1) is 11.4 Å². The summed E-state index contributed by atoms with van der Waals surface area (Å²) >= 11 is 0. The molecule has 1 aromatic rings. The first-order valence-electron chi connectivity index (χ1n) is 5.21. The highest BCUT2D eigenvalue weighted by Gasteiger charge is 1.97. The van der Waals surface area contributed by atoms with E-state index in [1.807, 2.05) is 18.2 Å². The molecule has 0 aromatic heterocycles. The molecule has 15 heavy (non-hydrogen) atoms. The van der Waals surface area contributed by atoms with E-state index >= 15 is 0 Å². The largest absolute Gasteiger partial charge is 0.397 e. The van der Waals surface area contributed by atoms with Crippen molar-refractivity contribution in [1.29, 1.82) is 0 Å². The zero-order valence-corrected chi connectivity index (χ0v) is 9.46. The summed E-state index contributed by atoms with van der Waals surface area (Å²) in [6, 6.07) is 5.63. The van der Waals surface area contributed by atoms with Gasteiger partial charge in [0.25, 0.3) is 0 Å². The van der Waals surface area contributed by atoms with Crippen molar-refractivity contribution in [2.24, 2.45) is 0 Å². The Morgan fingerprint density at radius 1 is 1.27 bits per heavy atom. The van der Waals surface area contributed by atoms with Crippen molar-refractivity contribution in [3.8, 4) is 0 Å². The van der Waals surface area contributed by atoms with Gasteiger partial charge in [-0.15, -0.1) is 0 Å². The first-order valence-corrected chi connectivity index (χ1v) is 5.21. The Hall–Kier alpha value is -1.42. The summed E-state index contributed by atoms with van der Waals surface area (Å²) in [5.74, 6) is 0. The van der Waals surface area contributed by atoms with Crippen LogP contribution in [-0.2, 0) is 0 Å². The van der Waals surface area contributed by atoms with Crippen LogP contribution in [0, 0.1) is 0 Å². The van der Waals surface area contributed by atoms with E-state index in [4.69, 9.17) is 11.5 Å². The van der Waals surface area contributed by atoms with Gasteiger partial charge in [-0.1, -0.05) is 6.92 Å². The van der Waals surface area contributed by atoms with E-state index < -0.39 is 0 Å². The van der Waals surface area contributed by atoms with Crippen molar-refractivity contribution < 1.29 is 0 Å². The molecule has 1 rings (SSSR count). The summed E-state index contributed by atoms with van der Waals surface area (Å²) in [5, 5.41) is 3.30. The molecule has 0 heterocycles. The van der Waals surface area contributed by atoms with Crippen LogP contribution in [0.4, 0.5) is 17.1 Å². The second-order valence-electron chi connectivity index (χ2n) is 3.67. The zero-order valence-electron chi connectivity index (χ0n) is 9.46. The van der Waals surface area contributed by atoms with Crippen molar-refractivity contribution in [2.75, 3.05) is 43.5 Å². The van der Waals surface area contributed by atoms with Gasteiger partial charge in [0, 0.05) is 18.8 Å². The predicted molar refractivity (Wildman–Crippen MR) is 66.9 cm³/mol. The highest BCUT2D eigenvalue weighted by molar-refractivity contribution is 5.69. The van der Waals surface area contributed by atoms with Crippen molar-refractivity contribution in [2.45, 2.75) is 6.92 Å². The van der Waals surface area contributed by atoms with Crippen LogP contribution in [0.5, 0.6) is 0 Å². The minimum atomic E-state index is 0.629. The Bertz CT molecular complexity index is 311. The van der Waals surface area contributed by atoms with Crippen LogP contribution in [-0.4, -0.2) is 31.6 Å². The van der Waals surface area contributed by atoms with Crippen LogP contribution in [0.15, 0.2) is 18.2 Å². The average molecular weight is 208 g/mol. The number of nitrogens with two attached hydrogens (primary N) is 2. The molecule has 0 aliphatic heterocycles. The van der Waals surface area contributed by atoms with Gasteiger partial charge in [-0.3, -0.25) is 0 Å². The van der Waals surface area contributed by atoms with E-state index in [0.29, 0.717) is 11.4 Å². The second kappa shape index (κ2) is 5.46.